The van der Waals surface area contributed by atoms with Crippen LogP contribution in [0.1, 0.15) is 16.7 Å². The maximum absolute atomic E-state index is 6.31. The molecule has 0 radical (unpaired) electrons. The van der Waals surface area contributed by atoms with Gasteiger partial charge < -0.3 is 21.1 Å². The van der Waals surface area contributed by atoms with Crippen LogP contribution < -0.4 is 21.1 Å². The van der Waals surface area contributed by atoms with E-state index in [-0.39, 0.29) is 0 Å². The summed E-state index contributed by atoms with van der Waals surface area (Å²) in [6.07, 6.45) is 1.48. The summed E-state index contributed by atoms with van der Waals surface area (Å²) in [5.41, 5.74) is 11.9. The molecule has 0 aliphatic carbocycles. The third kappa shape index (κ3) is 3.69. The van der Waals surface area contributed by atoms with Crippen LogP contribution in [0.5, 0.6) is 5.75 Å². The smallest absolute Gasteiger partial charge is 0.159 e. The van der Waals surface area contributed by atoms with Gasteiger partial charge in [-0.05, 0) is 55.7 Å². The number of ether oxygens (including phenoxy) is 1. The molecule has 2 aromatic carbocycles. The Morgan fingerprint density at radius 1 is 0.846 bits per heavy atom. The number of aryl methyl sites for hydroxylation is 3. The Morgan fingerprint density at radius 3 is 2.08 bits per heavy atom. The summed E-state index contributed by atoms with van der Waals surface area (Å²) in [5.74, 6) is 1.80. The average Bonchev–Trinajstić information content (AvgIpc) is 2.62. The molecule has 1 heterocycles. The lowest BCUT2D eigenvalue weighted by Crippen LogP contribution is -2.06. The highest BCUT2D eigenvalue weighted by molar-refractivity contribution is 5.82. The number of hydrogen-bond donors (Lipinski definition) is 3. The van der Waals surface area contributed by atoms with Crippen molar-refractivity contribution in [1.82, 2.24) is 9.97 Å². The Hall–Kier alpha value is -3.28. The highest BCUT2D eigenvalue weighted by Crippen LogP contribution is 2.33. The number of nitrogens with one attached hydrogen (secondary N) is 2. The highest BCUT2D eigenvalue weighted by atomic mass is 16.5. The van der Waals surface area contributed by atoms with Gasteiger partial charge in [0, 0.05) is 5.69 Å². The van der Waals surface area contributed by atoms with Crippen LogP contribution >= 0.6 is 0 Å². The molecule has 26 heavy (non-hydrogen) atoms. The minimum absolute atomic E-state index is 0.442. The van der Waals surface area contributed by atoms with Gasteiger partial charge in [0.25, 0.3) is 0 Å². The van der Waals surface area contributed by atoms with E-state index in [1.54, 1.807) is 7.11 Å². The second kappa shape index (κ2) is 7.31. The van der Waals surface area contributed by atoms with Gasteiger partial charge >= 0.3 is 0 Å². The Morgan fingerprint density at radius 2 is 1.42 bits per heavy atom. The molecule has 0 saturated carbocycles. The second-order valence-electron chi connectivity index (χ2n) is 6.26. The third-order valence-electron chi connectivity index (χ3n) is 4.14. The van der Waals surface area contributed by atoms with Crippen LogP contribution in [0.2, 0.25) is 0 Å². The van der Waals surface area contributed by atoms with Gasteiger partial charge in [-0.2, -0.15) is 0 Å². The fraction of sp³-hybridized carbons (Fsp3) is 0.200. The second-order valence-corrected chi connectivity index (χ2v) is 6.26. The number of rotatable bonds is 5. The number of hydrogen-bond acceptors (Lipinski definition) is 6. The molecule has 134 valence electrons. The van der Waals surface area contributed by atoms with Crippen molar-refractivity contribution in [3.63, 3.8) is 0 Å². The van der Waals surface area contributed by atoms with E-state index in [1.807, 2.05) is 39.0 Å². The molecule has 0 aliphatic heterocycles. The number of anilines is 5. The molecule has 0 unspecified atom stereocenters. The zero-order valence-electron chi connectivity index (χ0n) is 15.4. The topological polar surface area (TPSA) is 85.1 Å². The van der Waals surface area contributed by atoms with Gasteiger partial charge in [0.15, 0.2) is 11.6 Å². The minimum Gasteiger partial charge on any atom is -0.495 e. The van der Waals surface area contributed by atoms with Crippen LogP contribution in [0.25, 0.3) is 0 Å². The fourth-order valence-corrected chi connectivity index (χ4v) is 2.64. The maximum atomic E-state index is 6.31. The van der Waals surface area contributed by atoms with Crippen LogP contribution in [-0.2, 0) is 0 Å². The molecule has 3 aromatic rings. The number of nitrogens with zero attached hydrogens (tertiary/aromatic N) is 2. The third-order valence-corrected chi connectivity index (χ3v) is 4.14. The first kappa shape index (κ1) is 17.5. The van der Waals surface area contributed by atoms with Crippen molar-refractivity contribution in [2.45, 2.75) is 20.8 Å². The number of methoxy groups -OCH3 is 1. The first-order valence-corrected chi connectivity index (χ1v) is 8.34. The molecule has 0 aliphatic rings. The molecule has 0 saturated heterocycles. The highest BCUT2D eigenvalue weighted by Gasteiger charge is 2.12. The summed E-state index contributed by atoms with van der Waals surface area (Å²) in [5, 5.41) is 6.54. The molecule has 3 rings (SSSR count). The Labute approximate surface area is 153 Å². The van der Waals surface area contributed by atoms with Crippen molar-refractivity contribution in [2.75, 3.05) is 23.5 Å². The predicted molar refractivity (Wildman–Crippen MR) is 107 cm³/mol. The molecule has 6 heteroatoms. The van der Waals surface area contributed by atoms with E-state index in [0.29, 0.717) is 17.3 Å². The van der Waals surface area contributed by atoms with Crippen molar-refractivity contribution in [1.29, 1.82) is 0 Å². The van der Waals surface area contributed by atoms with E-state index in [4.69, 9.17) is 10.5 Å². The molecular formula is C20H23N5O. The van der Waals surface area contributed by atoms with Gasteiger partial charge in [0.05, 0.1) is 12.8 Å². The van der Waals surface area contributed by atoms with Crippen LogP contribution in [0, 0.1) is 20.8 Å². The van der Waals surface area contributed by atoms with E-state index in [0.717, 1.165) is 33.8 Å². The number of aromatic nitrogens is 2. The minimum atomic E-state index is 0.442. The van der Waals surface area contributed by atoms with Gasteiger partial charge in [0.1, 0.15) is 17.8 Å². The zero-order chi connectivity index (χ0) is 18.7. The summed E-state index contributed by atoms with van der Waals surface area (Å²) in [4.78, 5) is 8.57. The number of nitrogens with two attached hydrogens (primary N) is 1. The fourth-order valence-electron chi connectivity index (χ4n) is 2.64. The summed E-state index contributed by atoms with van der Waals surface area (Å²) in [6.45, 7) is 6.10. The van der Waals surface area contributed by atoms with Crippen LogP contribution in [0.3, 0.4) is 0 Å². The zero-order valence-corrected chi connectivity index (χ0v) is 15.4. The summed E-state index contributed by atoms with van der Waals surface area (Å²) >= 11 is 0. The molecule has 4 N–H and O–H groups in total. The van der Waals surface area contributed by atoms with Crippen LogP contribution in [0.4, 0.5) is 28.7 Å². The van der Waals surface area contributed by atoms with Crippen LogP contribution in [0.15, 0.2) is 42.7 Å². The largest absolute Gasteiger partial charge is 0.495 e. The standard InChI is InChI=1S/C20H23N5O/c1-12-5-7-14(3)15(9-12)24-19-18(21)20(23-11-22-19)25-16-10-13(2)6-8-17(16)26-4/h5-11H,21H2,1-4H3,(H2,22,23,24,25). The average molecular weight is 349 g/mol. The molecule has 0 bridgehead atoms. The molecule has 0 amide bonds. The van der Waals surface area contributed by atoms with E-state index in [2.05, 4.69) is 38.8 Å². The molecule has 0 spiro atoms. The summed E-state index contributed by atoms with van der Waals surface area (Å²) in [6, 6.07) is 12.1. The van der Waals surface area contributed by atoms with E-state index < -0.39 is 0 Å². The lowest BCUT2D eigenvalue weighted by molar-refractivity contribution is 0.416. The quantitative estimate of drug-likeness (QED) is 0.630. The van der Waals surface area contributed by atoms with Gasteiger partial charge in [-0.25, -0.2) is 9.97 Å². The summed E-state index contributed by atoms with van der Waals surface area (Å²) in [7, 11) is 1.63. The molecule has 0 fully saturated rings. The predicted octanol–water partition coefficient (Wildman–Crippen LogP) is 4.48. The van der Waals surface area contributed by atoms with Crippen molar-refractivity contribution in [2.24, 2.45) is 0 Å². The Kier molecular flexibility index (Phi) is 4.93. The maximum Gasteiger partial charge on any atom is 0.159 e. The lowest BCUT2D eigenvalue weighted by Gasteiger charge is -2.16. The van der Waals surface area contributed by atoms with E-state index in [9.17, 15) is 0 Å². The summed E-state index contributed by atoms with van der Waals surface area (Å²) < 4.78 is 5.40. The van der Waals surface area contributed by atoms with E-state index in [1.165, 1.54) is 6.33 Å². The van der Waals surface area contributed by atoms with Crippen LogP contribution in [-0.4, -0.2) is 17.1 Å². The van der Waals surface area contributed by atoms with Gasteiger partial charge in [-0.3, -0.25) is 0 Å². The van der Waals surface area contributed by atoms with Gasteiger partial charge in [-0.15, -0.1) is 0 Å². The number of benzene rings is 2. The normalized spacial score (nSPS) is 10.5. The molecule has 0 atom stereocenters. The number of nitrogen functional groups attached to an aromatic ring is 1. The van der Waals surface area contributed by atoms with E-state index >= 15 is 0 Å². The molecule has 6 nitrogen and oxygen atoms in total. The van der Waals surface area contributed by atoms with Crippen molar-refractivity contribution in [3.8, 4) is 5.75 Å². The Balaban J connectivity index is 1.93. The van der Waals surface area contributed by atoms with Gasteiger partial charge in [-0.1, -0.05) is 18.2 Å². The molecule has 1 aromatic heterocycles. The SMILES string of the molecule is COc1ccc(C)cc1Nc1ncnc(Nc2cc(C)ccc2C)c1N. The first-order chi connectivity index (χ1) is 12.5. The van der Waals surface area contributed by atoms with Gasteiger partial charge in [0.2, 0.25) is 0 Å². The van der Waals surface area contributed by atoms with Crippen molar-refractivity contribution >= 4 is 28.7 Å². The Bertz CT molecular complexity index is 939. The monoisotopic (exact) mass is 349 g/mol. The molecular weight excluding hydrogens is 326 g/mol. The lowest BCUT2D eigenvalue weighted by atomic mass is 10.1. The first-order valence-electron chi connectivity index (χ1n) is 8.34. The van der Waals surface area contributed by atoms with Crippen molar-refractivity contribution in [3.05, 3.63) is 59.4 Å². The van der Waals surface area contributed by atoms with Crippen molar-refractivity contribution < 1.29 is 4.74 Å².